The average Bonchev–Trinajstić information content (AvgIpc) is 2.93. The molecule has 2 aliphatic carbocycles. The monoisotopic (exact) mass is 278 g/mol. The van der Waals surface area contributed by atoms with Crippen molar-refractivity contribution in [2.24, 2.45) is 23.7 Å². The number of methoxy groups -OCH3 is 1. The molecule has 4 nitrogen and oxygen atoms in total. The van der Waals surface area contributed by atoms with Crippen molar-refractivity contribution in [3.05, 3.63) is 12.2 Å². The fourth-order valence-corrected chi connectivity index (χ4v) is 2.85. The minimum Gasteiger partial charge on any atom is -0.469 e. The number of halogens is 3. The number of ether oxygens (including phenoxy) is 2. The topological polar surface area (TPSA) is 52.6 Å². The SMILES string of the molecule is COC(=O)[C@@H]1[C@@H](C(=O)OCC(F)(F)F)[C@@H]2C=C[C@H]1C2. The predicted octanol–water partition coefficient (Wildman–Crippen LogP) is 1.70. The molecule has 0 aromatic rings. The molecule has 106 valence electrons. The Kier molecular flexibility index (Phi) is 3.56. The van der Waals surface area contributed by atoms with Gasteiger partial charge in [0.05, 0.1) is 18.9 Å². The standard InChI is InChI=1S/C12H13F3O4/c1-18-10(16)8-6-2-3-7(4-6)9(8)11(17)19-5-12(13,14)15/h2-3,6-9H,4-5H2,1H3/t6-,7+,8-,9-/m0/s1. The van der Waals surface area contributed by atoms with Crippen LogP contribution in [0.4, 0.5) is 13.2 Å². The summed E-state index contributed by atoms with van der Waals surface area (Å²) >= 11 is 0. The van der Waals surface area contributed by atoms with Crippen molar-refractivity contribution in [2.75, 3.05) is 13.7 Å². The highest BCUT2D eigenvalue weighted by molar-refractivity contribution is 5.84. The highest BCUT2D eigenvalue weighted by Gasteiger charge is 2.53. The van der Waals surface area contributed by atoms with E-state index < -0.39 is 36.6 Å². The van der Waals surface area contributed by atoms with E-state index in [-0.39, 0.29) is 11.8 Å². The van der Waals surface area contributed by atoms with Crippen LogP contribution >= 0.6 is 0 Å². The molecule has 0 radical (unpaired) electrons. The number of rotatable bonds is 3. The van der Waals surface area contributed by atoms with Gasteiger partial charge in [-0.25, -0.2) is 0 Å². The molecule has 2 rings (SSSR count). The third kappa shape index (κ3) is 2.74. The Morgan fingerprint density at radius 1 is 1.16 bits per heavy atom. The predicted molar refractivity (Wildman–Crippen MR) is 56.7 cm³/mol. The first-order valence-corrected chi connectivity index (χ1v) is 5.83. The maximum atomic E-state index is 12.0. The van der Waals surface area contributed by atoms with Crippen LogP contribution in [0.15, 0.2) is 12.2 Å². The van der Waals surface area contributed by atoms with Crippen LogP contribution in [0.3, 0.4) is 0 Å². The van der Waals surface area contributed by atoms with Crippen LogP contribution < -0.4 is 0 Å². The number of allylic oxidation sites excluding steroid dienone is 2. The summed E-state index contributed by atoms with van der Waals surface area (Å²) in [6, 6.07) is 0. The second kappa shape index (κ2) is 4.86. The van der Waals surface area contributed by atoms with E-state index in [1.54, 1.807) is 12.2 Å². The smallest absolute Gasteiger partial charge is 0.422 e. The highest BCUT2D eigenvalue weighted by atomic mass is 19.4. The molecule has 0 unspecified atom stereocenters. The van der Waals surface area contributed by atoms with Crippen LogP contribution in [-0.2, 0) is 19.1 Å². The van der Waals surface area contributed by atoms with Crippen molar-refractivity contribution in [3.63, 3.8) is 0 Å². The number of hydrogen-bond acceptors (Lipinski definition) is 4. The number of hydrogen-bond donors (Lipinski definition) is 0. The minimum atomic E-state index is -4.57. The van der Waals surface area contributed by atoms with E-state index in [1.807, 2.05) is 0 Å². The molecule has 0 saturated heterocycles. The van der Waals surface area contributed by atoms with Crippen LogP contribution in [0.5, 0.6) is 0 Å². The van der Waals surface area contributed by atoms with Crippen molar-refractivity contribution in [1.82, 2.24) is 0 Å². The number of carbonyl (C=O) groups excluding carboxylic acids is 2. The second-order valence-electron chi connectivity index (χ2n) is 4.75. The van der Waals surface area contributed by atoms with Crippen molar-refractivity contribution in [1.29, 1.82) is 0 Å². The first kappa shape index (κ1) is 13.9. The molecule has 0 N–H and O–H groups in total. The molecule has 2 aliphatic rings. The van der Waals surface area contributed by atoms with Gasteiger partial charge in [-0.2, -0.15) is 13.2 Å². The van der Waals surface area contributed by atoms with E-state index >= 15 is 0 Å². The van der Waals surface area contributed by atoms with E-state index in [1.165, 1.54) is 7.11 Å². The van der Waals surface area contributed by atoms with Gasteiger partial charge in [0.25, 0.3) is 0 Å². The van der Waals surface area contributed by atoms with Crippen LogP contribution in [0.1, 0.15) is 6.42 Å². The van der Waals surface area contributed by atoms with Gasteiger partial charge in [-0.1, -0.05) is 12.2 Å². The average molecular weight is 278 g/mol. The van der Waals surface area contributed by atoms with Gasteiger partial charge in [0.2, 0.25) is 0 Å². The molecule has 19 heavy (non-hydrogen) atoms. The summed E-state index contributed by atoms with van der Waals surface area (Å²) < 4.78 is 45.0. The van der Waals surface area contributed by atoms with Gasteiger partial charge < -0.3 is 9.47 Å². The zero-order valence-electron chi connectivity index (χ0n) is 10.1. The summed E-state index contributed by atoms with van der Waals surface area (Å²) in [4.78, 5) is 23.4. The number of fused-ring (bicyclic) bond motifs is 2. The maximum absolute atomic E-state index is 12.0. The molecule has 0 amide bonds. The maximum Gasteiger partial charge on any atom is 0.422 e. The van der Waals surface area contributed by atoms with E-state index in [4.69, 9.17) is 0 Å². The first-order valence-electron chi connectivity index (χ1n) is 5.83. The van der Waals surface area contributed by atoms with Gasteiger partial charge in [0.15, 0.2) is 6.61 Å². The molecule has 1 saturated carbocycles. The molecule has 4 atom stereocenters. The zero-order valence-corrected chi connectivity index (χ0v) is 10.1. The summed E-state index contributed by atoms with van der Waals surface area (Å²) in [6.07, 6.45) is -0.432. The van der Waals surface area contributed by atoms with E-state index in [0.29, 0.717) is 6.42 Å². The molecular weight excluding hydrogens is 265 g/mol. The van der Waals surface area contributed by atoms with Crippen molar-refractivity contribution >= 4 is 11.9 Å². The molecule has 0 spiro atoms. The van der Waals surface area contributed by atoms with Crippen molar-refractivity contribution < 1.29 is 32.2 Å². The first-order chi connectivity index (χ1) is 8.83. The Morgan fingerprint density at radius 3 is 2.16 bits per heavy atom. The van der Waals surface area contributed by atoms with Crippen LogP contribution in [0.25, 0.3) is 0 Å². The Morgan fingerprint density at radius 2 is 1.68 bits per heavy atom. The number of carbonyl (C=O) groups is 2. The lowest BCUT2D eigenvalue weighted by Crippen LogP contribution is -2.36. The summed E-state index contributed by atoms with van der Waals surface area (Å²) in [5.74, 6) is -3.56. The summed E-state index contributed by atoms with van der Waals surface area (Å²) in [5, 5.41) is 0. The number of esters is 2. The van der Waals surface area contributed by atoms with Gasteiger partial charge >= 0.3 is 18.1 Å². The zero-order chi connectivity index (χ0) is 14.2. The summed E-state index contributed by atoms with van der Waals surface area (Å²) in [7, 11) is 1.19. The normalized spacial score (nSPS) is 32.4. The second-order valence-corrected chi connectivity index (χ2v) is 4.75. The highest BCUT2D eigenvalue weighted by Crippen LogP contribution is 2.49. The largest absolute Gasteiger partial charge is 0.469 e. The molecular formula is C12H13F3O4. The number of alkyl halides is 3. The molecule has 7 heteroatoms. The third-order valence-corrected chi connectivity index (χ3v) is 3.58. The van der Waals surface area contributed by atoms with Crippen molar-refractivity contribution in [2.45, 2.75) is 12.6 Å². The van der Waals surface area contributed by atoms with Gasteiger partial charge in [0.1, 0.15) is 0 Å². The lowest BCUT2D eigenvalue weighted by Gasteiger charge is -2.24. The van der Waals surface area contributed by atoms with Crippen molar-refractivity contribution in [3.8, 4) is 0 Å². The molecule has 0 aliphatic heterocycles. The Bertz CT molecular complexity index is 416. The minimum absolute atomic E-state index is 0.152. The molecule has 0 aromatic carbocycles. The van der Waals surface area contributed by atoms with Gasteiger partial charge in [-0.15, -0.1) is 0 Å². The molecule has 0 heterocycles. The van der Waals surface area contributed by atoms with Crippen LogP contribution in [-0.4, -0.2) is 31.8 Å². The fourth-order valence-electron chi connectivity index (χ4n) is 2.85. The lowest BCUT2D eigenvalue weighted by molar-refractivity contribution is -0.191. The summed E-state index contributed by atoms with van der Waals surface area (Å²) in [5.41, 5.74) is 0. The Balaban J connectivity index is 2.07. The Hall–Kier alpha value is -1.53. The van der Waals surface area contributed by atoms with Gasteiger partial charge in [0, 0.05) is 0 Å². The molecule has 2 bridgehead atoms. The van der Waals surface area contributed by atoms with E-state index in [2.05, 4.69) is 9.47 Å². The van der Waals surface area contributed by atoms with Gasteiger partial charge in [-0.3, -0.25) is 9.59 Å². The summed E-state index contributed by atoms with van der Waals surface area (Å²) in [6.45, 7) is -1.63. The van der Waals surface area contributed by atoms with E-state index in [9.17, 15) is 22.8 Å². The van der Waals surface area contributed by atoms with Gasteiger partial charge in [-0.05, 0) is 18.3 Å². The third-order valence-electron chi connectivity index (χ3n) is 3.58. The Labute approximate surface area is 107 Å². The fraction of sp³-hybridized carbons (Fsp3) is 0.667. The van der Waals surface area contributed by atoms with Crippen LogP contribution in [0, 0.1) is 23.7 Å². The van der Waals surface area contributed by atoms with E-state index in [0.717, 1.165) is 0 Å². The molecule has 1 fully saturated rings. The quantitative estimate of drug-likeness (QED) is 0.582. The van der Waals surface area contributed by atoms with Crippen LogP contribution in [0.2, 0.25) is 0 Å². The molecule has 0 aromatic heterocycles. The lowest BCUT2D eigenvalue weighted by atomic mass is 9.83.